The molecule has 0 spiro atoms. The van der Waals surface area contributed by atoms with Crippen LogP contribution in [0.25, 0.3) is 44.9 Å². The van der Waals surface area contributed by atoms with Crippen molar-refractivity contribution in [1.82, 2.24) is 30.6 Å². The molecular weight excluding hydrogens is 854 g/mol. The number of hydrogen-bond acceptors (Lipinski definition) is 16. The standard InChI is InChI=1S/C50H44FN11O5/c51-31-13-15-38(40-22-39(48(52)58-55-40)30-8-2-1-3-9-30)47(20-31)67-32-10-6-7-29(19-32)28-65-35-26-62(27-35)44-24-42(57-60-50(44)54)37-16-14-33(21-46(37)64)66-34-17-18-61(25-34)43-23-41(56-59-49(43)53)36-11-4-5-12-45(36)63/h1-16,19-24,34-35,63-64H,17-18,25-28H2,(H2,52,58)(H2,53,59)(H2,54,60). The fraction of sp³-hybridized carbons (Fsp3) is 0.160. The Balaban J connectivity index is 0.749. The molecule has 0 aliphatic carbocycles. The lowest BCUT2D eigenvalue weighted by molar-refractivity contribution is 0.0224. The van der Waals surface area contributed by atoms with E-state index in [4.69, 9.17) is 31.4 Å². The molecule has 17 heteroatoms. The van der Waals surface area contributed by atoms with E-state index in [1.165, 1.54) is 12.1 Å². The molecule has 2 saturated heterocycles. The van der Waals surface area contributed by atoms with Gasteiger partial charge in [-0.25, -0.2) is 4.39 Å². The quantitative estimate of drug-likeness (QED) is 0.0741. The molecule has 2 fully saturated rings. The molecule has 336 valence electrons. The van der Waals surface area contributed by atoms with Crippen LogP contribution in [0.4, 0.5) is 33.2 Å². The average molecular weight is 898 g/mol. The number of para-hydroxylation sites is 1. The van der Waals surface area contributed by atoms with Crippen LogP contribution in [0.2, 0.25) is 0 Å². The first kappa shape index (κ1) is 42.4. The number of phenolic OH excluding ortho intramolecular Hbond substituents is 2. The first-order chi connectivity index (χ1) is 32.6. The molecule has 2 aliphatic rings. The minimum atomic E-state index is -0.459. The van der Waals surface area contributed by atoms with Gasteiger partial charge in [-0.2, -0.15) is 0 Å². The Hall–Kier alpha value is -8.57. The third-order valence-corrected chi connectivity index (χ3v) is 11.7. The highest BCUT2D eigenvalue weighted by Gasteiger charge is 2.31. The lowest BCUT2D eigenvalue weighted by Crippen LogP contribution is -2.52. The number of aromatic nitrogens is 6. The van der Waals surface area contributed by atoms with Gasteiger partial charge in [0.2, 0.25) is 0 Å². The Morgan fingerprint density at radius 2 is 1.21 bits per heavy atom. The van der Waals surface area contributed by atoms with Crippen molar-refractivity contribution in [2.75, 3.05) is 53.2 Å². The number of anilines is 5. The monoisotopic (exact) mass is 897 g/mol. The first-order valence-electron chi connectivity index (χ1n) is 21.5. The van der Waals surface area contributed by atoms with Crippen molar-refractivity contribution < 1.29 is 28.8 Å². The fourth-order valence-corrected chi connectivity index (χ4v) is 8.23. The van der Waals surface area contributed by atoms with Gasteiger partial charge in [0.25, 0.3) is 0 Å². The van der Waals surface area contributed by atoms with Crippen LogP contribution in [0.1, 0.15) is 12.0 Å². The summed E-state index contributed by atoms with van der Waals surface area (Å²) in [6.07, 6.45) is 0.425. The van der Waals surface area contributed by atoms with E-state index in [9.17, 15) is 14.6 Å². The topological polar surface area (TPSA) is 230 Å². The lowest BCUT2D eigenvalue weighted by Gasteiger charge is -2.40. The molecule has 0 saturated carbocycles. The zero-order valence-corrected chi connectivity index (χ0v) is 35.9. The van der Waals surface area contributed by atoms with Crippen LogP contribution in [-0.2, 0) is 11.3 Å². The van der Waals surface area contributed by atoms with Gasteiger partial charge in [-0.1, -0.05) is 54.6 Å². The van der Waals surface area contributed by atoms with Gasteiger partial charge in [0.05, 0.1) is 47.7 Å². The number of phenols is 2. The van der Waals surface area contributed by atoms with Crippen LogP contribution < -0.4 is 36.5 Å². The Labute approximate surface area is 384 Å². The maximum atomic E-state index is 14.6. The molecule has 2 aliphatic heterocycles. The predicted molar refractivity (Wildman–Crippen MR) is 253 cm³/mol. The van der Waals surface area contributed by atoms with E-state index in [0.29, 0.717) is 101 Å². The lowest BCUT2D eigenvalue weighted by atomic mass is 10.0. The number of nitrogen functional groups attached to an aromatic ring is 3. The molecule has 8 aromatic rings. The molecule has 10 rings (SSSR count). The van der Waals surface area contributed by atoms with Crippen LogP contribution in [0.5, 0.6) is 28.7 Å². The molecule has 67 heavy (non-hydrogen) atoms. The number of halogens is 1. The number of nitrogens with zero attached hydrogens (tertiary/aromatic N) is 8. The molecule has 5 aromatic carbocycles. The fourth-order valence-electron chi connectivity index (χ4n) is 8.23. The molecule has 16 nitrogen and oxygen atoms in total. The van der Waals surface area contributed by atoms with Crippen molar-refractivity contribution in [1.29, 1.82) is 0 Å². The molecule has 0 radical (unpaired) electrons. The van der Waals surface area contributed by atoms with Crippen molar-refractivity contribution in [2.24, 2.45) is 0 Å². The summed E-state index contributed by atoms with van der Waals surface area (Å²) < 4.78 is 33.4. The van der Waals surface area contributed by atoms with Crippen LogP contribution >= 0.6 is 0 Å². The van der Waals surface area contributed by atoms with Gasteiger partial charge in [0, 0.05) is 60.4 Å². The summed E-state index contributed by atoms with van der Waals surface area (Å²) in [5.41, 5.74) is 25.6. The highest BCUT2D eigenvalue weighted by molar-refractivity contribution is 5.80. The Kier molecular flexibility index (Phi) is 11.5. The summed E-state index contributed by atoms with van der Waals surface area (Å²) in [7, 11) is 0. The predicted octanol–water partition coefficient (Wildman–Crippen LogP) is 7.88. The number of aromatic hydroxyl groups is 2. The normalized spacial score (nSPS) is 14.8. The van der Waals surface area contributed by atoms with Crippen molar-refractivity contribution >= 4 is 28.8 Å². The average Bonchev–Trinajstić information content (AvgIpc) is 3.78. The van der Waals surface area contributed by atoms with Gasteiger partial charge in [-0.3, -0.25) is 0 Å². The van der Waals surface area contributed by atoms with E-state index in [0.717, 1.165) is 11.1 Å². The van der Waals surface area contributed by atoms with Crippen LogP contribution in [0, 0.1) is 5.82 Å². The second-order valence-electron chi connectivity index (χ2n) is 16.3. The van der Waals surface area contributed by atoms with Gasteiger partial charge in [0.15, 0.2) is 17.5 Å². The number of hydrogen-bond donors (Lipinski definition) is 5. The molecule has 1 unspecified atom stereocenters. The van der Waals surface area contributed by atoms with Gasteiger partial charge in [0.1, 0.15) is 40.7 Å². The van der Waals surface area contributed by atoms with Gasteiger partial charge >= 0.3 is 0 Å². The van der Waals surface area contributed by atoms with Crippen LogP contribution in [0.15, 0.2) is 133 Å². The van der Waals surface area contributed by atoms with E-state index in [-0.39, 0.29) is 46.9 Å². The highest BCUT2D eigenvalue weighted by atomic mass is 19.1. The van der Waals surface area contributed by atoms with E-state index < -0.39 is 5.82 Å². The summed E-state index contributed by atoms with van der Waals surface area (Å²) in [5, 5.41) is 46.8. The smallest absolute Gasteiger partial charge is 0.169 e. The van der Waals surface area contributed by atoms with Gasteiger partial charge in [-0.05, 0) is 77.9 Å². The second-order valence-corrected chi connectivity index (χ2v) is 16.3. The minimum Gasteiger partial charge on any atom is -0.507 e. The first-order valence-corrected chi connectivity index (χ1v) is 21.5. The highest BCUT2D eigenvalue weighted by Crippen LogP contribution is 2.39. The minimum absolute atomic E-state index is 0.0203. The zero-order valence-electron chi connectivity index (χ0n) is 35.9. The molecule has 0 bridgehead atoms. The molecule has 3 aromatic heterocycles. The molecule has 8 N–H and O–H groups in total. The Morgan fingerprint density at radius 3 is 1.96 bits per heavy atom. The van der Waals surface area contributed by atoms with Crippen LogP contribution in [-0.4, -0.2) is 79.2 Å². The zero-order chi connectivity index (χ0) is 46.0. The van der Waals surface area contributed by atoms with E-state index >= 15 is 0 Å². The summed E-state index contributed by atoms with van der Waals surface area (Å²) in [4.78, 5) is 4.12. The number of nitrogens with two attached hydrogens (primary N) is 3. The number of ether oxygens (including phenoxy) is 3. The molecule has 5 heterocycles. The van der Waals surface area contributed by atoms with Crippen molar-refractivity contribution in [3.8, 4) is 73.6 Å². The van der Waals surface area contributed by atoms with E-state index in [2.05, 4.69) is 35.5 Å². The second kappa shape index (κ2) is 18.1. The summed E-state index contributed by atoms with van der Waals surface area (Å²) in [6.45, 7) is 2.61. The summed E-state index contributed by atoms with van der Waals surface area (Å²) in [5.74, 6) is 1.71. The van der Waals surface area contributed by atoms with Crippen LogP contribution in [0.3, 0.4) is 0 Å². The van der Waals surface area contributed by atoms with Crippen molar-refractivity contribution in [3.63, 3.8) is 0 Å². The third kappa shape index (κ3) is 9.08. The molecule has 0 amide bonds. The van der Waals surface area contributed by atoms with E-state index in [1.807, 2.05) is 71.6 Å². The summed E-state index contributed by atoms with van der Waals surface area (Å²) in [6, 6.07) is 38.8. The SMILES string of the molecule is Nc1nnc(-c2ccc(F)cc2Oc2cccc(COC3CN(c4cc(-c5ccc(OC6CCN(c7cc(-c8ccccc8O)nnc7N)C6)cc5O)nnc4N)C3)c2)cc1-c1ccccc1. The van der Waals surface area contributed by atoms with E-state index in [1.54, 1.807) is 54.6 Å². The largest absolute Gasteiger partial charge is 0.507 e. The molecular formula is C50H44FN11O5. The molecule has 1 atom stereocenters. The van der Waals surface area contributed by atoms with Gasteiger partial charge in [-0.15, -0.1) is 30.6 Å². The van der Waals surface area contributed by atoms with Crippen molar-refractivity contribution in [2.45, 2.75) is 25.2 Å². The number of rotatable bonds is 13. The maximum absolute atomic E-state index is 14.6. The Morgan fingerprint density at radius 1 is 0.552 bits per heavy atom. The number of benzene rings is 5. The summed E-state index contributed by atoms with van der Waals surface area (Å²) >= 11 is 0. The Bertz CT molecular complexity index is 3100. The third-order valence-electron chi connectivity index (χ3n) is 11.7. The van der Waals surface area contributed by atoms with Gasteiger partial charge < -0.3 is 51.4 Å². The van der Waals surface area contributed by atoms with Crippen molar-refractivity contribution in [3.05, 3.63) is 145 Å². The maximum Gasteiger partial charge on any atom is 0.169 e.